The molecule has 1 amide bonds. The number of hydrogen-bond acceptors (Lipinski definition) is 6. The summed E-state index contributed by atoms with van der Waals surface area (Å²) in [6.45, 7) is 0. The van der Waals surface area contributed by atoms with E-state index in [0.717, 1.165) is 4.80 Å². The lowest BCUT2D eigenvalue weighted by Gasteiger charge is -2.07. The number of ether oxygens (including phenoxy) is 1. The largest absolute Gasteiger partial charge is 0.465 e. The standard InChI is InChI=1S/C16H12FN5O3/c1-25-16(24)12-4-2-3-5-13(12)18-15(23)14-19-21-22(20-14)11-8-6-10(17)7-9-11/h2-9H,1H3,(H,18,23). The average Bonchev–Trinajstić information content (AvgIpc) is 3.12. The highest BCUT2D eigenvalue weighted by atomic mass is 19.1. The highest BCUT2D eigenvalue weighted by molar-refractivity contribution is 6.06. The molecule has 0 saturated carbocycles. The lowest BCUT2D eigenvalue weighted by Crippen LogP contribution is -2.17. The van der Waals surface area contributed by atoms with Crippen LogP contribution in [-0.2, 0) is 4.74 Å². The molecule has 0 atom stereocenters. The molecular weight excluding hydrogens is 329 g/mol. The molecule has 0 spiro atoms. The van der Waals surface area contributed by atoms with Gasteiger partial charge in [-0.05, 0) is 41.6 Å². The summed E-state index contributed by atoms with van der Waals surface area (Å²) in [5.74, 6) is -1.84. The minimum Gasteiger partial charge on any atom is -0.465 e. The third-order valence-corrected chi connectivity index (χ3v) is 3.25. The van der Waals surface area contributed by atoms with Gasteiger partial charge in [0.15, 0.2) is 0 Å². The van der Waals surface area contributed by atoms with Crippen molar-refractivity contribution in [3.63, 3.8) is 0 Å². The Morgan fingerprint density at radius 2 is 1.84 bits per heavy atom. The Balaban J connectivity index is 1.81. The Morgan fingerprint density at radius 1 is 1.12 bits per heavy atom. The van der Waals surface area contributed by atoms with Crippen molar-refractivity contribution in [2.75, 3.05) is 12.4 Å². The SMILES string of the molecule is COC(=O)c1ccccc1NC(=O)c1nnn(-c2ccc(F)cc2)n1. The molecule has 0 aliphatic rings. The molecule has 0 saturated heterocycles. The van der Waals surface area contributed by atoms with E-state index in [1.165, 1.54) is 37.4 Å². The van der Waals surface area contributed by atoms with Gasteiger partial charge in [-0.2, -0.15) is 0 Å². The van der Waals surface area contributed by atoms with Crippen molar-refractivity contribution < 1.29 is 18.7 Å². The van der Waals surface area contributed by atoms with E-state index in [9.17, 15) is 14.0 Å². The van der Waals surface area contributed by atoms with Crippen molar-refractivity contribution in [3.8, 4) is 5.69 Å². The van der Waals surface area contributed by atoms with Crippen molar-refractivity contribution in [2.24, 2.45) is 0 Å². The highest BCUT2D eigenvalue weighted by Crippen LogP contribution is 2.16. The maximum Gasteiger partial charge on any atom is 0.339 e. The van der Waals surface area contributed by atoms with Crippen LogP contribution >= 0.6 is 0 Å². The summed E-state index contributed by atoms with van der Waals surface area (Å²) < 4.78 is 17.6. The van der Waals surface area contributed by atoms with Crippen LogP contribution in [0, 0.1) is 5.82 Å². The van der Waals surface area contributed by atoms with Gasteiger partial charge in [0.25, 0.3) is 11.7 Å². The molecule has 0 aliphatic carbocycles. The lowest BCUT2D eigenvalue weighted by molar-refractivity contribution is 0.0602. The predicted molar refractivity (Wildman–Crippen MR) is 84.8 cm³/mol. The summed E-state index contributed by atoms with van der Waals surface area (Å²) in [4.78, 5) is 25.1. The van der Waals surface area contributed by atoms with Gasteiger partial charge in [0.05, 0.1) is 24.0 Å². The number of tetrazole rings is 1. The average molecular weight is 341 g/mol. The fraction of sp³-hybridized carbons (Fsp3) is 0.0625. The molecule has 0 unspecified atom stereocenters. The minimum atomic E-state index is -0.648. The number of carbonyl (C=O) groups is 2. The number of anilines is 1. The Bertz CT molecular complexity index is 924. The van der Waals surface area contributed by atoms with E-state index < -0.39 is 17.7 Å². The van der Waals surface area contributed by atoms with E-state index in [1.807, 2.05) is 0 Å². The molecule has 0 aliphatic heterocycles. The summed E-state index contributed by atoms with van der Waals surface area (Å²) in [6.07, 6.45) is 0. The zero-order chi connectivity index (χ0) is 17.8. The number of amides is 1. The number of hydrogen-bond donors (Lipinski definition) is 1. The van der Waals surface area contributed by atoms with Gasteiger partial charge in [-0.15, -0.1) is 15.0 Å². The zero-order valence-electron chi connectivity index (χ0n) is 13.0. The maximum absolute atomic E-state index is 12.9. The van der Waals surface area contributed by atoms with Crippen LogP contribution in [0.5, 0.6) is 0 Å². The van der Waals surface area contributed by atoms with Crippen LogP contribution in [0.2, 0.25) is 0 Å². The second-order valence-electron chi connectivity index (χ2n) is 4.87. The zero-order valence-corrected chi connectivity index (χ0v) is 13.0. The molecular formula is C16H12FN5O3. The van der Waals surface area contributed by atoms with Gasteiger partial charge in [0, 0.05) is 0 Å². The van der Waals surface area contributed by atoms with E-state index in [2.05, 4.69) is 25.5 Å². The molecule has 0 bridgehead atoms. The molecule has 3 rings (SSSR count). The van der Waals surface area contributed by atoms with Crippen molar-refractivity contribution in [1.29, 1.82) is 0 Å². The maximum atomic E-state index is 12.9. The van der Waals surface area contributed by atoms with Crippen LogP contribution in [0.4, 0.5) is 10.1 Å². The number of nitrogens with zero attached hydrogens (tertiary/aromatic N) is 4. The Labute approximate surface area is 141 Å². The number of aromatic nitrogens is 4. The minimum absolute atomic E-state index is 0.198. The number of carbonyl (C=O) groups excluding carboxylic acids is 2. The van der Waals surface area contributed by atoms with Gasteiger partial charge < -0.3 is 10.1 Å². The molecule has 3 aromatic rings. The molecule has 126 valence electrons. The lowest BCUT2D eigenvalue weighted by atomic mass is 10.2. The summed E-state index contributed by atoms with van der Waals surface area (Å²) in [6, 6.07) is 11.8. The first kappa shape index (κ1) is 16.2. The molecule has 0 fully saturated rings. The quantitative estimate of drug-likeness (QED) is 0.727. The van der Waals surface area contributed by atoms with Gasteiger partial charge in [0.2, 0.25) is 0 Å². The van der Waals surface area contributed by atoms with Crippen molar-refractivity contribution in [1.82, 2.24) is 20.2 Å². The van der Waals surface area contributed by atoms with Crippen LogP contribution in [0.1, 0.15) is 21.0 Å². The first-order chi connectivity index (χ1) is 12.1. The number of esters is 1. The van der Waals surface area contributed by atoms with Crippen LogP contribution in [0.15, 0.2) is 48.5 Å². The Morgan fingerprint density at radius 3 is 2.56 bits per heavy atom. The molecule has 0 radical (unpaired) electrons. The second-order valence-corrected chi connectivity index (χ2v) is 4.87. The van der Waals surface area contributed by atoms with Crippen LogP contribution in [0.3, 0.4) is 0 Å². The van der Waals surface area contributed by atoms with Crippen LogP contribution in [0.25, 0.3) is 5.69 Å². The van der Waals surface area contributed by atoms with E-state index in [-0.39, 0.29) is 17.1 Å². The fourth-order valence-electron chi connectivity index (χ4n) is 2.05. The number of rotatable bonds is 4. The first-order valence-electron chi connectivity index (χ1n) is 7.13. The molecule has 1 N–H and O–H groups in total. The van der Waals surface area contributed by atoms with Crippen molar-refractivity contribution in [3.05, 3.63) is 65.7 Å². The third-order valence-electron chi connectivity index (χ3n) is 3.25. The predicted octanol–water partition coefficient (Wildman–Crippen LogP) is 1.84. The normalized spacial score (nSPS) is 10.3. The summed E-state index contributed by atoms with van der Waals surface area (Å²) in [5.41, 5.74) is 0.907. The van der Waals surface area contributed by atoms with Gasteiger partial charge in [0.1, 0.15) is 5.82 Å². The fourth-order valence-corrected chi connectivity index (χ4v) is 2.05. The van der Waals surface area contributed by atoms with Gasteiger partial charge in [-0.1, -0.05) is 12.1 Å². The monoisotopic (exact) mass is 341 g/mol. The van der Waals surface area contributed by atoms with E-state index in [1.54, 1.807) is 18.2 Å². The topological polar surface area (TPSA) is 99.0 Å². The Kier molecular flexibility index (Phi) is 4.46. The Hall–Kier alpha value is -3.62. The highest BCUT2D eigenvalue weighted by Gasteiger charge is 2.18. The molecule has 1 heterocycles. The van der Waals surface area contributed by atoms with Crippen molar-refractivity contribution >= 4 is 17.6 Å². The van der Waals surface area contributed by atoms with Crippen LogP contribution < -0.4 is 5.32 Å². The van der Waals surface area contributed by atoms with E-state index in [0.29, 0.717) is 5.69 Å². The smallest absolute Gasteiger partial charge is 0.339 e. The summed E-state index contributed by atoms with van der Waals surface area (Å²) in [5, 5.41) is 13.9. The van der Waals surface area contributed by atoms with Gasteiger partial charge >= 0.3 is 5.97 Å². The number of benzene rings is 2. The number of nitrogens with one attached hydrogen (secondary N) is 1. The van der Waals surface area contributed by atoms with E-state index in [4.69, 9.17) is 0 Å². The second kappa shape index (κ2) is 6.87. The number of halogens is 1. The molecule has 1 aromatic heterocycles. The van der Waals surface area contributed by atoms with Crippen molar-refractivity contribution in [2.45, 2.75) is 0 Å². The molecule has 25 heavy (non-hydrogen) atoms. The first-order valence-corrected chi connectivity index (χ1v) is 7.13. The van der Waals surface area contributed by atoms with Crippen LogP contribution in [-0.4, -0.2) is 39.2 Å². The van der Waals surface area contributed by atoms with Gasteiger partial charge in [-0.3, -0.25) is 4.79 Å². The summed E-state index contributed by atoms with van der Waals surface area (Å²) in [7, 11) is 1.25. The van der Waals surface area contributed by atoms with E-state index >= 15 is 0 Å². The molecule has 2 aromatic carbocycles. The molecule has 9 heteroatoms. The number of para-hydroxylation sites is 1. The van der Waals surface area contributed by atoms with Gasteiger partial charge in [-0.25, -0.2) is 9.18 Å². The summed E-state index contributed by atoms with van der Waals surface area (Å²) >= 11 is 0. The number of methoxy groups -OCH3 is 1. The molecule has 8 nitrogen and oxygen atoms in total. The third kappa shape index (κ3) is 3.50.